The fourth-order valence-electron chi connectivity index (χ4n) is 3.45. The van der Waals surface area contributed by atoms with Gasteiger partial charge in [0.25, 0.3) is 0 Å². The number of carbonyl (C=O) groups excluding carboxylic acids is 2. The molecule has 4 aromatic rings. The van der Waals surface area contributed by atoms with Crippen molar-refractivity contribution in [3.8, 4) is 27.6 Å². The van der Waals surface area contributed by atoms with Crippen LogP contribution in [0.4, 0.5) is 5.00 Å². The SMILES string of the molecule is COC(=O)c1c(-c2ccc(OC)cc2)csc1NC(=O)CSc1nnc(-c2cccs2)n1C(C)C. The van der Waals surface area contributed by atoms with Gasteiger partial charge in [0.1, 0.15) is 16.3 Å². The molecule has 182 valence electrons. The zero-order valence-electron chi connectivity index (χ0n) is 19.6. The summed E-state index contributed by atoms with van der Waals surface area (Å²) in [7, 11) is 2.92. The normalized spacial score (nSPS) is 11.0. The molecular formula is C24H24N4O4S3. The van der Waals surface area contributed by atoms with Crippen LogP contribution in [0.25, 0.3) is 21.8 Å². The molecule has 1 amide bonds. The number of nitrogens with one attached hydrogen (secondary N) is 1. The molecule has 0 bridgehead atoms. The van der Waals surface area contributed by atoms with E-state index in [1.54, 1.807) is 18.4 Å². The van der Waals surface area contributed by atoms with Crippen molar-refractivity contribution in [3.05, 3.63) is 52.7 Å². The van der Waals surface area contributed by atoms with E-state index < -0.39 is 5.97 Å². The minimum atomic E-state index is -0.514. The van der Waals surface area contributed by atoms with Crippen LogP contribution in [0.1, 0.15) is 30.2 Å². The fourth-order valence-corrected chi connectivity index (χ4v) is 5.99. The number of hydrogen-bond donors (Lipinski definition) is 1. The number of amides is 1. The molecule has 0 radical (unpaired) electrons. The highest BCUT2D eigenvalue weighted by Crippen LogP contribution is 2.37. The van der Waals surface area contributed by atoms with Crippen molar-refractivity contribution in [1.82, 2.24) is 14.8 Å². The van der Waals surface area contributed by atoms with Crippen LogP contribution in [0.15, 0.2) is 52.3 Å². The number of anilines is 1. The molecule has 0 aliphatic rings. The Labute approximate surface area is 215 Å². The quantitative estimate of drug-likeness (QED) is 0.215. The molecule has 0 unspecified atom stereocenters. The molecule has 11 heteroatoms. The molecule has 0 atom stereocenters. The van der Waals surface area contributed by atoms with Crippen LogP contribution in [0.3, 0.4) is 0 Å². The first kappa shape index (κ1) is 25.0. The second-order valence-corrected chi connectivity index (χ2v) is 10.4. The first-order valence-electron chi connectivity index (χ1n) is 10.7. The molecule has 0 spiro atoms. The van der Waals surface area contributed by atoms with E-state index in [0.29, 0.717) is 27.0 Å². The minimum Gasteiger partial charge on any atom is -0.497 e. The van der Waals surface area contributed by atoms with Crippen LogP contribution in [0.2, 0.25) is 0 Å². The number of aromatic nitrogens is 3. The summed E-state index contributed by atoms with van der Waals surface area (Å²) >= 11 is 4.18. The summed E-state index contributed by atoms with van der Waals surface area (Å²) in [4.78, 5) is 26.5. The molecule has 1 N–H and O–H groups in total. The van der Waals surface area contributed by atoms with E-state index >= 15 is 0 Å². The number of carbonyl (C=O) groups is 2. The highest BCUT2D eigenvalue weighted by atomic mass is 32.2. The lowest BCUT2D eigenvalue weighted by atomic mass is 10.0. The van der Waals surface area contributed by atoms with Crippen molar-refractivity contribution in [3.63, 3.8) is 0 Å². The summed E-state index contributed by atoms with van der Waals surface area (Å²) in [5.74, 6) is 0.851. The van der Waals surface area contributed by atoms with Gasteiger partial charge >= 0.3 is 5.97 Å². The third-order valence-electron chi connectivity index (χ3n) is 5.09. The maximum atomic E-state index is 12.8. The van der Waals surface area contributed by atoms with Crippen molar-refractivity contribution in [2.75, 3.05) is 25.3 Å². The van der Waals surface area contributed by atoms with E-state index in [9.17, 15) is 9.59 Å². The summed E-state index contributed by atoms with van der Waals surface area (Å²) in [5.41, 5.74) is 1.84. The number of esters is 1. The zero-order chi connectivity index (χ0) is 24.9. The van der Waals surface area contributed by atoms with Gasteiger partial charge in [0.15, 0.2) is 11.0 Å². The third-order valence-corrected chi connectivity index (χ3v) is 7.79. The number of thioether (sulfide) groups is 1. The average molecular weight is 529 g/mol. The average Bonchev–Trinajstić information content (AvgIpc) is 3.62. The number of nitrogens with zero attached hydrogens (tertiary/aromatic N) is 3. The first-order valence-corrected chi connectivity index (χ1v) is 13.4. The maximum absolute atomic E-state index is 12.8. The number of hydrogen-bond acceptors (Lipinski definition) is 9. The second kappa shape index (κ2) is 11.1. The predicted octanol–water partition coefficient (Wildman–Crippen LogP) is 5.84. The molecule has 3 heterocycles. The Kier molecular flexibility index (Phi) is 7.89. The van der Waals surface area contributed by atoms with Crippen molar-refractivity contribution < 1.29 is 19.1 Å². The Hall–Kier alpha value is -3.15. The van der Waals surface area contributed by atoms with Crippen LogP contribution < -0.4 is 10.1 Å². The Bertz CT molecular complexity index is 1310. The predicted molar refractivity (Wildman–Crippen MR) is 141 cm³/mol. The van der Waals surface area contributed by atoms with E-state index in [4.69, 9.17) is 9.47 Å². The summed E-state index contributed by atoms with van der Waals surface area (Å²) in [5, 5.41) is 16.5. The van der Waals surface area contributed by atoms with Crippen molar-refractivity contribution >= 4 is 51.3 Å². The molecule has 0 aliphatic heterocycles. The van der Waals surface area contributed by atoms with Gasteiger partial charge in [-0.25, -0.2) is 4.79 Å². The molecule has 8 nitrogen and oxygen atoms in total. The van der Waals surface area contributed by atoms with E-state index in [2.05, 4.69) is 29.4 Å². The number of rotatable bonds is 9. The standard InChI is InChI=1S/C24H24N4O4S3/c1-14(2)28-21(18-6-5-11-33-18)26-27-24(28)35-13-19(29)25-22-20(23(30)32-4)17(12-34-22)15-7-9-16(31-3)10-8-15/h5-12,14H,13H2,1-4H3,(H,25,29). The van der Waals surface area contributed by atoms with Crippen LogP contribution in [0.5, 0.6) is 5.75 Å². The first-order chi connectivity index (χ1) is 16.9. The smallest absolute Gasteiger partial charge is 0.341 e. The van der Waals surface area contributed by atoms with Crippen molar-refractivity contribution in [2.24, 2.45) is 0 Å². The van der Waals surface area contributed by atoms with Crippen LogP contribution in [-0.4, -0.2) is 46.6 Å². The third kappa shape index (κ3) is 5.42. The molecule has 3 aromatic heterocycles. The minimum absolute atomic E-state index is 0.117. The Morgan fingerprint density at radius 2 is 1.89 bits per heavy atom. The van der Waals surface area contributed by atoms with Gasteiger partial charge in [0.2, 0.25) is 5.91 Å². The summed E-state index contributed by atoms with van der Waals surface area (Å²) in [6.07, 6.45) is 0. The fraction of sp³-hybridized carbons (Fsp3) is 0.250. The lowest BCUT2D eigenvalue weighted by Gasteiger charge is -2.13. The Morgan fingerprint density at radius 3 is 2.51 bits per heavy atom. The summed E-state index contributed by atoms with van der Waals surface area (Å²) in [6.45, 7) is 4.11. The Balaban J connectivity index is 1.52. The van der Waals surface area contributed by atoms with Crippen LogP contribution in [-0.2, 0) is 9.53 Å². The molecule has 35 heavy (non-hydrogen) atoms. The van der Waals surface area contributed by atoms with Gasteiger partial charge in [-0.1, -0.05) is 30.0 Å². The van der Waals surface area contributed by atoms with Crippen LogP contribution >= 0.6 is 34.4 Å². The van der Waals surface area contributed by atoms with Gasteiger partial charge in [-0.15, -0.1) is 32.9 Å². The van der Waals surface area contributed by atoms with Crippen molar-refractivity contribution in [1.29, 1.82) is 0 Å². The van der Waals surface area contributed by atoms with Gasteiger partial charge < -0.3 is 14.8 Å². The Morgan fingerprint density at radius 1 is 1.11 bits per heavy atom. The second-order valence-electron chi connectivity index (χ2n) is 7.66. The number of ether oxygens (including phenoxy) is 2. The van der Waals surface area contributed by atoms with E-state index in [0.717, 1.165) is 16.3 Å². The molecule has 0 aliphatic carbocycles. The van der Waals surface area contributed by atoms with Gasteiger partial charge in [0.05, 0.1) is 24.8 Å². The van der Waals surface area contributed by atoms with E-state index in [1.807, 2.05) is 51.7 Å². The highest BCUT2D eigenvalue weighted by molar-refractivity contribution is 7.99. The molecule has 0 saturated carbocycles. The van der Waals surface area contributed by atoms with Gasteiger partial charge in [0, 0.05) is 17.0 Å². The number of methoxy groups -OCH3 is 2. The lowest BCUT2D eigenvalue weighted by Crippen LogP contribution is -2.16. The maximum Gasteiger partial charge on any atom is 0.341 e. The van der Waals surface area contributed by atoms with Gasteiger partial charge in [-0.2, -0.15) is 0 Å². The summed E-state index contributed by atoms with van der Waals surface area (Å²) in [6, 6.07) is 11.5. The van der Waals surface area contributed by atoms with Gasteiger partial charge in [-0.3, -0.25) is 9.36 Å². The van der Waals surface area contributed by atoms with Gasteiger partial charge in [-0.05, 0) is 43.0 Å². The lowest BCUT2D eigenvalue weighted by molar-refractivity contribution is -0.113. The monoisotopic (exact) mass is 528 g/mol. The van der Waals surface area contributed by atoms with Crippen LogP contribution in [0, 0.1) is 0 Å². The largest absolute Gasteiger partial charge is 0.497 e. The van der Waals surface area contributed by atoms with Crippen molar-refractivity contribution in [2.45, 2.75) is 25.0 Å². The topological polar surface area (TPSA) is 95.3 Å². The molecular weight excluding hydrogens is 504 g/mol. The highest BCUT2D eigenvalue weighted by Gasteiger charge is 2.23. The zero-order valence-corrected chi connectivity index (χ0v) is 22.1. The molecule has 0 saturated heterocycles. The molecule has 1 aromatic carbocycles. The number of benzene rings is 1. The molecule has 0 fully saturated rings. The summed E-state index contributed by atoms with van der Waals surface area (Å²) < 4.78 is 12.2. The molecule has 4 rings (SSSR count). The van der Waals surface area contributed by atoms with E-state index in [-0.39, 0.29) is 17.7 Å². The van der Waals surface area contributed by atoms with E-state index in [1.165, 1.54) is 30.2 Å². The number of thiophene rings is 2.